The number of methoxy groups -OCH3 is 2. The average molecular weight is 363 g/mol. The first-order valence-electron chi connectivity index (χ1n) is 7.50. The van der Waals surface area contributed by atoms with Crippen LogP contribution in [0.2, 0.25) is 0 Å². The number of aliphatic hydroxyl groups excluding tert-OH is 1. The minimum absolute atomic E-state index is 0.0929. The fraction of sp³-hybridized carbons (Fsp3) is 0.294. The minimum Gasteiger partial charge on any atom is -0.496 e. The summed E-state index contributed by atoms with van der Waals surface area (Å²) in [4.78, 5) is 25.6. The summed E-state index contributed by atoms with van der Waals surface area (Å²) in [5.74, 6) is -0.295. The Labute approximate surface area is 148 Å². The Balaban J connectivity index is 1.94. The van der Waals surface area contributed by atoms with Crippen molar-refractivity contribution in [3.05, 3.63) is 45.1 Å². The van der Waals surface area contributed by atoms with E-state index < -0.39 is 12.1 Å². The van der Waals surface area contributed by atoms with Gasteiger partial charge in [-0.2, -0.15) is 0 Å². The fourth-order valence-electron chi connectivity index (χ4n) is 2.95. The predicted molar refractivity (Wildman–Crippen MR) is 90.5 cm³/mol. The molecule has 7 nitrogen and oxygen atoms in total. The summed E-state index contributed by atoms with van der Waals surface area (Å²) in [6.07, 6.45) is -0.920. The Hall–Kier alpha value is -2.58. The lowest BCUT2D eigenvalue weighted by Gasteiger charge is -2.33. The van der Waals surface area contributed by atoms with Crippen molar-refractivity contribution in [3.63, 3.8) is 0 Å². The molecule has 8 heteroatoms. The molecule has 0 radical (unpaired) electrons. The number of nitrogens with zero attached hydrogens (tertiary/aromatic N) is 1. The van der Waals surface area contributed by atoms with Crippen LogP contribution in [0.5, 0.6) is 11.5 Å². The van der Waals surface area contributed by atoms with Crippen LogP contribution in [0.3, 0.4) is 0 Å². The smallest absolute Gasteiger partial charge is 0.345 e. The lowest BCUT2D eigenvalue weighted by Crippen LogP contribution is -2.38. The van der Waals surface area contributed by atoms with Crippen molar-refractivity contribution >= 4 is 23.2 Å². The Morgan fingerprint density at radius 1 is 1.12 bits per heavy atom. The second-order valence-corrected chi connectivity index (χ2v) is 6.62. The maximum Gasteiger partial charge on any atom is 0.345 e. The zero-order valence-corrected chi connectivity index (χ0v) is 14.5. The number of β-amino-alcohol motifs (C(OH)–C–C–N with tert-alkyl or cyclic N) is 1. The molecule has 0 aliphatic carbocycles. The van der Waals surface area contributed by atoms with E-state index in [0.717, 1.165) is 11.3 Å². The number of aliphatic hydroxyl groups is 1. The van der Waals surface area contributed by atoms with Gasteiger partial charge >= 0.3 is 5.97 Å². The number of aromatic carboxylic acids is 1. The first kappa shape index (κ1) is 17.2. The number of amides is 1. The zero-order chi connectivity index (χ0) is 18.1. The van der Waals surface area contributed by atoms with Gasteiger partial charge in [-0.05, 0) is 24.3 Å². The van der Waals surface area contributed by atoms with Crippen molar-refractivity contribution in [2.75, 3.05) is 20.8 Å². The number of carboxylic acid groups (broad SMARTS) is 1. The molecule has 2 heterocycles. The molecule has 1 aliphatic rings. The van der Waals surface area contributed by atoms with Crippen LogP contribution in [0.4, 0.5) is 0 Å². The minimum atomic E-state index is -1.07. The molecule has 132 valence electrons. The van der Waals surface area contributed by atoms with Gasteiger partial charge in [-0.3, -0.25) is 4.79 Å². The van der Waals surface area contributed by atoms with Crippen LogP contribution < -0.4 is 9.47 Å². The molecule has 1 aliphatic heterocycles. The number of fused-ring (bicyclic) bond motifs is 1. The molecule has 1 aromatic carbocycles. The number of carbonyl (C=O) groups is 2. The van der Waals surface area contributed by atoms with Crippen LogP contribution in [-0.2, 0) is 6.54 Å². The lowest BCUT2D eigenvalue weighted by atomic mass is 9.95. The molecule has 2 aromatic rings. The van der Waals surface area contributed by atoms with Crippen molar-refractivity contribution in [3.8, 4) is 11.5 Å². The van der Waals surface area contributed by atoms with Crippen LogP contribution in [0.25, 0.3) is 0 Å². The van der Waals surface area contributed by atoms with Crippen LogP contribution in [0, 0.1) is 0 Å². The highest BCUT2D eigenvalue weighted by atomic mass is 32.1. The fourth-order valence-corrected chi connectivity index (χ4v) is 3.77. The van der Waals surface area contributed by atoms with Crippen molar-refractivity contribution in [2.45, 2.75) is 12.6 Å². The Morgan fingerprint density at radius 2 is 1.76 bits per heavy atom. The van der Waals surface area contributed by atoms with E-state index in [4.69, 9.17) is 14.6 Å². The maximum absolute atomic E-state index is 12.7. The summed E-state index contributed by atoms with van der Waals surface area (Å²) >= 11 is 0.915. The van der Waals surface area contributed by atoms with Gasteiger partial charge in [0.15, 0.2) is 0 Å². The lowest BCUT2D eigenvalue weighted by molar-refractivity contribution is 0.0543. The van der Waals surface area contributed by atoms with Gasteiger partial charge < -0.3 is 24.6 Å². The van der Waals surface area contributed by atoms with Crippen LogP contribution in [-0.4, -0.2) is 47.8 Å². The van der Waals surface area contributed by atoms with E-state index >= 15 is 0 Å². The number of hydrogen-bond donors (Lipinski definition) is 2. The van der Waals surface area contributed by atoms with Crippen LogP contribution in [0.1, 0.15) is 36.6 Å². The van der Waals surface area contributed by atoms with E-state index in [2.05, 4.69) is 0 Å². The summed E-state index contributed by atoms with van der Waals surface area (Å²) in [6, 6.07) is 6.34. The second-order valence-electron chi connectivity index (χ2n) is 5.53. The molecule has 0 spiro atoms. The van der Waals surface area contributed by atoms with Gasteiger partial charge in [0.05, 0.1) is 32.2 Å². The van der Waals surface area contributed by atoms with E-state index in [0.29, 0.717) is 27.5 Å². The normalized spacial score (nSPS) is 16.3. The summed E-state index contributed by atoms with van der Waals surface area (Å²) in [5.41, 5.74) is 1.30. The van der Waals surface area contributed by atoms with E-state index in [-0.39, 0.29) is 23.9 Å². The number of thiophene rings is 1. The summed E-state index contributed by atoms with van der Waals surface area (Å²) in [5, 5.41) is 19.5. The van der Waals surface area contributed by atoms with Crippen molar-refractivity contribution in [1.29, 1.82) is 0 Å². The number of hydrogen-bond acceptors (Lipinski definition) is 6. The number of benzene rings is 1. The molecule has 25 heavy (non-hydrogen) atoms. The summed E-state index contributed by atoms with van der Waals surface area (Å²) in [6.45, 7) is 0.335. The third-order valence-corrected chi connectivity index (χ3v) is 5.17. The SMILES string of the molecule is COc1ccc(OC)c2c1CN(C(=O)c1ccc(C(=O)O)s1)CC2O. The molecule has 2 N–H and O–H groups in total. The molecule has 1 aromatic heterocycles. The maximum atomic E-state index is 12.7. The van der Waals surface area contributed by atoms with E-state index in [9.17, 15) is 14.7 Å². The second kappa shape index (κ2) is 6.73. The third-order valence-electron chi connectivity index (χ3n) is 4.10. The Morgan fingerprint density at radius 3 is 2.36 bits per heavy atom. The molecule has 0 saturated heterocycles. The van der Waals surface area contributed by atoms with E-state index in [1.165, 1.54) is 31.3 Å². The molecule has 1 unspecified atom stereocenters. The van der Waals surface area contributed by atoms with E-state index in [1.807, 2.05) is 0 Å². The van der Waals surface area contributed by atoms with Gasteiger partial charge in [-0.25, -0.2) is 4.79 Å². The summed E-state index contributed by atoms with van der Waals surface area (Å²) in [7, 11) is 3.04. The topological polar surface area (TPSA) is 96.3 Å². The van der Waals surface area contributed by atoms with E-state index in [1.54, 1.807) is 12.1 Å². The monoisotopic (exact) mass is 363 g/mol. The quantitative estimate of drug-likeness (QED) is 0.864. The highest BCUT2D eigenvalue weighted by molar-refractivity contribution is 7.15. The Bertz CT molecular complexity index is 831. The molecule has 1 atom stereocenters. The third kappa shape index (κ3) is 3.06. The van der Waals surface area contributed by atoms with Crippen molar-refractivity contribution in [2.24, 2.45) is 0 Å². The Kier molecular flexibility index (Phi) is 4.65. The first-order chi connectivity index (χ1) is 12.0. The van der Waals surface area contributed by atoms with Gasteiger partial charge in [0.2, 0.25) is 0 Å². The largest absolute Gasteiger partial charge is 0.496 e. The van der Waals surface area contributed by atoms with Gasteiger partial charge in [-0.15, -0.1) is 11.3 Å². The summed E-state index contributed by atoms with van der Waals surface area (Å²) < 4.78 is 10.7. The molecule has 0 bridgehead atoms. The van der Waals surface area contributed by atoms with Gasteiger partial charge in [0.25, 0.3) is 5.91 Å². The standard InChI is InChI=1S/C17H17NO6S/c1-23-11-3-4-12(24-2)15-9(11)7-18(8-10(15)19)16(20)13-5-6-14(25-13)17(21)22/h3-6,10,19H,7-8H2,1-2H3,(H,21,22). The number of ether oxygens (including phenoxy) is 2. The van der Waals surface area contributed by atoms with Crippen LogP contribution in [0.15, 0.2) is 24.3 Å². The zero-order valence-electron chi connectivity index (χ0n) is 13.7. The first-order valence-corrected chi connectivity index (χ1v) is 8.32. The predicted octanol–water partition coefficient (Wildman–Crippen LogP) is 2.15. The van der Waals surface area contributed by atoms with Gasteiger partial charge in [0, 0.05) is 11.1 Å². The highest BCUT2D eigenvalue weighted by Gasteiger charge is 2.32. The highest BCUT2D eigenvalue weighted by Crippen LogP contribution is 2.39. The molecule has 3 rings (SSSR count). The van der Waals surface area contributed by atoms with Gasteiger partial charge in [-0.1, -0.05) is 0 Å². The van der Waals surface area contributed by atoms with Crippen molar-refractivity contribution < 1.29 is 29.3 Å². The van der Waals surface area contributed by atoms with Gasteiger partial charge in [0.1, 0.15) is 22.5 Å². The number of carbonyl (C=O) groups excluding carboxylic acids is 1. The molecular weight excluding hydrogens is 346 g/mol. The van der Waals surface area contributed by atoms with Crippen LogP contribution >= 0.6 is 11.3 Å². The van der Waals surface area contributed by atoms with Crippen molar-refractivity contribution in [1.82, 2.24) is 4.90 Å². The number of carboxylic acids is 1. The molecular formula is C17H17NO6S. The molecule has 0 fully saturated rings. The molecule has 1 amide bonds. The average Bonchev–Trinajstić information content (AvgIpc) is 3.10. The molecule has 0 saturated carbocycles. The number of rotatable bonds is 4.